The van der Waals surface area contributed by atoms with Gasteiger partial charge >= 0.3 is 0 Å². The molecule has 0 bridgehead atoms. The van der Waals surface area contributed by atoms with Gasteiger partial charge in [-0.15, -0.1) is 0 Å². The molecule has 1 aromatic carbocycles. The first-order valence-electron chi connectivity index (χ1n) is 7.62. The van der Waals surface area contributed by atoms with Gasteiger partial charge in [0.1, 0.15) is 5.82 Å². The van der Waals surface area contributed by atoms with Crippen molar-refractivity contribution >= 4 is 5.91 Å². The molecule has 1 aliphatic rings. The highest BCUT2D eigenvalue weighted by atomic mass is 19.1. The van der Waals surface area contributed by atoms with E-state index >= 15 is 0 Å². The number of aliphatic hydroxyl groups excluding tert-OH is 1. The predicted octanol–water partition coefficient (Wildman–Crippen LogP) is 2.67. The molecule has 1 amide bonds. The monoisotopic (exact) mass is 293 g/mol. The molecule has 1 fully saturated rings. The topological polar surface area (TPSA) is 49.3 Å². The van der Waals surface area contributed by atoms with Crippen molar-refractivity contribution in [3.8, 4) is 0 Å². The number of amides is 1. The van der Waals surface area contributed by atoms with Gasteiger partial charge in [-0.2, -0.15) is 0 Å². The molecule has 1 saturated carbocycles. The van der Waals surface area contributed by atoms with Gasteiger partial charge in [0.15, 0.2) is 0 Å². The van der Waals surface area contributed by atoms with Gasteiger partial charge in [-0.3, -0.25) is 4.79 Å². The number of carbonyl (C=O) groups is 1. The fourth-order valence-electron chi connectivity index (χ4n) is 2.60. The highest BCUT2D eigenvalue weighted by Gasteiger charge is 2.42. The predicted molar refractivity (Wildman–Crippen MR) is 80.2 cm³/mol. The van der Waals surface area contributed by atoms with Crippen LogP contribution in [-0.2, 0) is 11.2 Å². The van der Waals surface area contributed by atoms with E-state index < -0.39 is 5.54 Å². The average Bonchev–Trinajstić information content (AvgIpc) is 3.29. The molecule has 0 saturated heterocycles. The quantitative estimate of drug-likeness (QED) is 0.812. The van der Waals surface area contributed by atoms with Crippen molar-refractivity contribution in [3.05, 3.63) is 35.6 Å². The minimum absolute atomic E-state index is 0.0278. The van der Waals surface area contributed by atoms with Crippen molar-refractivity contribution in [3.63, 3.8) is 0 Å². The molecule has 4 heteroatoms. The van der Waals surface area contributed by atoms with E-state index in [1.807, 2.05) is 19.9 Å². The summed E-state index contributed by atoms with van der Waals surface area (Å²) in [6.45, 7) is 3.75. The number of halogens is 1. The molecule has 1 aliphatic carbocycles. The second kappa shape index (κ2) is 6.56. The number of benzene rings is 1. The molecule has 0 heterocycles. The highest BCUT2D eigenvalue weighted by molar-refractivity contribution is 5.79. The first kappa shape index (κ1) is 16.0. The van der Waals surface area contributed by atoms with Crippen molar-refractivity contribution in [2.75, 3.05) is 6.61 Å². The van der Waals surface area contributed by atoms with Crippen LogP contribution < -0.4 is 5.32 Å². The Balaban J connectivity index is 1.85. The SMILES string of the molecule is CC(CCc1cccc(F)c1)C(=O)NC(C)(CO)C1CC1. The number of hydrogen-bond acceptors (Lipinski definition) is 2. The van der Waals surface area contributed by atoms with E-state index in [1.54, 1.807) is 6.07 Å². The van der Waals surface area contributed by atoms with E-state index in [2.05, 4.69) is 5.32 Å². The van der Waals surface area contributed by atoms with Gasteiger partial charge in [0.25, 0.3) is 0 Å². The Morgan fingerprint density at radius 3 is 2.81 bits per heavy atom. The second-order valence-electron chi connectivity index (χ2n) is 6.41. The maximum atomic E-state index is 13.1. The Labute approximate surface area is 125 Å². The summed E-state index contributed by atoms with van der Waals surface area (Å²) in [4.78, 5) is 12.2. The summed E-state index contributed by atoms with van der Waals surface area (Å²) in [5.74, 6) is -0.0409. The lowest BCUT2D eigenvalue weighted by atomic mass is 9.94. The second-order valence-corrected chi connectivity index (χ2v) is 6.41. The number of rotatable bonds is 7. The van der Waals surface area contributed by atoms with Crippen molar-refractivity contribution < 1.29 is 14.3 Å². The molecule has 2 N–H and O–H groups in total. The molecule has 3 nitrogen and oxygen atoms in total. The van der Waals surface area contributed by atoms with Gasteiger partial charge < -0.3 is 10.4 Å². The van der Waals surface area contributed by atoms with Gasteiger partial charge in [-0.05, 0) is 56.2 Å². The Hall–Kier alpha value is -1.42. The van der Waals surface area contributed by atoms with Crippen LogP contribution in [0, 0.1) is 17.7 Å². The molecule has 2 atom stereocenters. The third-order valence-electron chi connectivity index (χ3n) is 4.42. The van der Waals surface area contributed by atoms with E-state index in [0.717, 1.165) is 18.4 Å². The Morgan fingerprint density at radius 1 is 1.52 bits per heavy atom. The van der Waals surface area contributed by atoms with E-state index in [-0.39, 0.29) is 24.2 Å². The number of aryl methyl sites for hydroxylation is 1. The highest BCUT2D eigenvalue weighted by Crippen LogP contribution is 2.39. The molecule has 0 spiro atoms. The summed E-state index contributed by atoms with van der Waals surface area (Å²) in [6, 6.07) is 6.48. The largest absolute Gasteiger partial charge is 0.394 e. The fourth-order valence-corrected chi connectivity index (χ4v) is 2.60. The smallest absolute Gasteiger partial charge is 0.223 e. The minimum Gasteiger partial charge on any atom is -0.394 e. The lowest BCUT2D eigenvalue weighted by Gasteiger charge is -2.30. The summed E-state index contributed by atoms with van der Waals surface area (Å²) in [7, 11) is 0. The number of carbonyl (C=O) groups excluding carboxylic acids is 1. The van der Waals surface area contributed by atoms with Crippen LogP contribution in [0.25, 0.3) is 0 Å². The number of hydrogen-bond donors (Lipinski definition) is 2. The Morgan fingerprint density at radius 2 is 2.24 bits per heavy atom. The van der Waals surface area contributed by atoms with Gasteiger partial charge in [-0.1, -0.05) is 19.1 Å². The fraction of sp³-hybridized carbons (Fsp3) is 0.588. The van der Waals surface area contributed by atoms with Crippen LogP contribution in [-0.4, -0.2) is 23.2 Å². The van der Waals surface area contributed by atoms with Gasteiger partial charge in [0, 0.05) is 5.92 Å². The van der Waals surface area contributed by atoms with E-state index in [4.69, 9.17) is 0 Å². The molecule has 21 heavy (non-hydrogen) atoms. The van der Waals surface area contributed by atoms with E-state index in [1.165, 1.54) is 12.1 Å². The van der Waals surface area contributed by atoms with E-state index in [0.29, 0.717) is 18.8 Å². The average molecular weight is 293 g/mol. The summed E-state index contributed by atoms with van der Waals surface area (Å²) in [5.41, 5.74) is 0.409. The molecule has 2 rings (SSSR count). The van der Waals surface area contributed by atoms with Crippen molar-refractivity contribution in [1.29, 1.82) is 0 Å². The van der Waals surface area contributed by atoms with Crippen LogP contribution in [0.4, 0.5) is 4.39 Å². The lowest BCUT2D eigenvalue weighted by Crippen LogP contribution is -2.52. The molecule has 0 aliphatic heterocycles. The molecule has 2 unspecified atom stereocenters. The molecule has 0 aromatic heterocycles. The van der Waals surface area contributed by atoms with Crippen LogP contribution >= 0.6 is 0 Å². The van der Waals surface area contributed by atoms with Crippen molar-refractivity contribution in [2.24, 2.45) is 11.8 Å². The summed E-state index contributed by atoms with van der Waals surface area (Å²) < 4.78 is 13.1. The van der Waals surface area contributed by atoms with Gasteiger partial charge in [0.2, 0.25) is 5.91 Å². The summed E-state index contributed by atoms with van der Waals surface area (Å²) in [6.07, 6.45) is 3.47. The van der Waals surface area contributed by atoms with Crippen LogP contribution in [0.15, 0.2) is 24.3 Å². The molecule has 1 aromatic rings. The summed E-state index contributed by atoms with van der Waals surface area (Å²) in [5, 5.41) is 12.5. The third-order valence-corrected chi connectivity index (χ3v) is 4.42. The number of nitrogens with one attached hydrogen (secondary N) is 1. The first-order valence-corrected chi connectivity index (χ1v) is 7.62. The zero-order valence-electron chi connectivity index (χ0n) is 12.7. The molecule has 0 radical (unpaired) electrons. The van der Waals surface area contributed by atoms with Crippen LogP contribution in [0.3, 0.4) is 0 Å². The zero-order chi connectivity index (χ0) is 15.5. The van der Waals surface area contributed by atoms with Crippen molar-refractivity contribution in [1.82, 2.24) is 5.32 Å². The number of aliphatic hydroxyl groups is 1. The maximum absolute atomic E-state index is 13.1. The van der Waals surface area contributed by atoms with Crippen molar-refractivity contribution in [2.45, 2.75) is 45.1 Å². The maximum Gasteiger partial charge on any atom is 0.223 e. The lowest BCUT2D eigenvalue weighted by molar-refractivity contribution is -0.127. The van der Waals surface area contributed by atoms with Gasteiger partial charge in [-0.25, -0.2) is 4.39 Å². The normalized spacial score (nSPS) is 18.9. The molecule has 116 valence electrons. The van der Waals surface area contributed by atoms with Crippen LogP contribution in [0.5, 0.6) is 0 Å². The standard InChI is InChI=1S/C17H24FNO2/c1-12(6-7-13-4-3-5-15(18)10-13)16(21)19-17(2,11-20)14-8-9-14/h3-5,10,12,14,20H,6-9,11H2,1-2H3,(H,19,21). The van der Waals surface area contributed by atoms with E-state index in [9.17, 15) is 14.3 Å². The zero-order valence-corrected chi connectivity index (χ0v) is 12.7. The Kier molecular flexibility index (Phi) is 4.99. The molecular weight excluding hydrogens is 269 g/mol. The van der Waals surface area contributed by atoms with Crippen LogP contribution in [0.2, 0.25) is 0 Å². The third kappa shape index (κ3) is 4.27. The molecular formula is C17H24FNO2. The van der Waals surface area contributed by atoms with Gasteiger partial charge in [0.05, 0.1) is 12.1 Å². The Bertz CT molecular complexity index is 501. The first-order chi connectivity index (χ1) is 9.94. The minimum atomic E-state index is -0.496. The van der Waals surface area contributed by atoms with Crippen LogP contribution in [0.1, 0.15) is 38.7 Å². The summed E-state index contributed by atoms with van der Waals surface area (Å²) >= 11 is 0.